The van der Waals surface area contributed by atoms with Crippen LogP contribution in [0.5, 0.6) is 5.75 Å². The molecule has 2 N–H and O–H groups in total. The second-order valence-electron chi connectivity index (χ2n) is 5.34. The van der Waals surface area contributed by atoms with E-state index >= 15 is 0 Å². The molecule has 0 aliphatic rings. The maximum absolute atomic E-state index is 10.3. The molecule has 0 amide bonds. The number of ether oxygens (including phenoxy) is 1. The zero-order valence-electron chi connectivity index (χ0n) is 13.0. The lowest BCUT2D eigenvalue weighted by Gasteiger charge is -2.20. The minimum atomic E-state index is -0.546. The maximum atomic E-state index is 10.3. The van der Waals surface area contributed by atoms with Gasteiger partial charge in [0.2, 0.25) is 0 Å². The first kappa shape index (κ1) is 18.5. The third kappa shape index (κ3) is 5.64. The molecule has 2 aromatic carbocycles. The Morgan fingerprint density at radius 1 is 1.17 bits per heavy atom. The Morgan fingerprint density at radius 2 is 1.87 bits per heavy atom. The van der Waals surface area contributed by atoms with E-state index in [-0.39, 0.29) is 6.04 Å². The molecule has 2 aromatic rings. The molecule has 0 saturated carbocycles. The van der Waals surface area contributed by atoms with Crippen molar-refractivity contribution < 1.29 is 9.84 Å². The van der Waals surface area contributed by atoms with Gasteiger partial charge in [-0.1, -0.05) is 64.5 Å². The monoisotopic (exact) mass is 445 g/mol. The molecule has 1 unspecified atom stereocenters. The molecule has 23 heavy (non-hydrogen) atoms. The van der Waals surface area contributed by atoms with Crippen molar-refractivity contribution in [3.05, 3.63) is 64.7 Å². The van der Waals surface area contributed by atoms with E-state index in [1.54, 1.807) is 19.2 Å². The van der Waals surface area contributed by atoms with Crippen molar-refractivity contribution in [3.63, 3.8) is 0 Å². The summed E-state index contributed by atoms with van der Waals surface area (Å²) in [6, 6.07) is 15.6. The second-order valence-corrected chi connectivity index (χ2v) is 6.66. The van der Waals surface area contributed by atoms with Crippen molar-refractivity contribution in [3.8, 4) is 5.75 Å². The lowest BCUT2D eigenvalue weighted by molar-refractivity contribution is 0.171. The topological polar surface area (TPSA) is 41.5 Å². The summed E-state index contributed by atoms with van der Waals surface area (Å²) in [7, 11) is 1.69. The first-order chi connectivity index (χ1) is 11.1. The van der Waals surface area contributed by atoms with Crippen LogP contribution in [0.2, 0.25) is 5.02 Å². The Kier molecular flexibility index (Phi) is 7.62. The van der Waals surface area contributed by atoms with Crippen molar-refractivity contribution in [2.24, 2.45) is 0 Å². The van der Waals surface area contributed by atoms with Gasteiger partial charge in [-0.25, -0.2) is 0 Å². The van der Waals surface area contributed by atoms with Gasteiger partial charge in [-0.15, -0.1) is 0 Å². The summed E-state index contributed by atoms with van der Waals surface area (Å²) in [5.74, 6) is 0.905. The van der Waals surface area contributed by atoms with E-state index in [1.165, 1.54) is 5.56 Å². The standard InChI is InChI=1S/C18H21ClINO2/c1-23-18-5-3-2-4-14(18)10-16(11-20)21-12-17(22)13-6-8-15(19)9-7-13/h2-9,16-17,21-22H,10-12H2,1H3/t16?,17-/m0/s1. The van der Waals surface area contributed by atoms with Crippen LogP contribution in [-0.4, -0.2) is 29.2 Å². The average Bonchev–Trinajstić information content (AvgIpc) is 2.59. The maximum Gasteiger partial charge on any atom is 0.122 e. The summed E-state index contributed by atoms with van der Waals surface area (Å²) in [5, 5.41) is 14.4. The predicted octanol–water partition coefficient (Wildman–Crippen LogP) is 4.02. The van der Waals surface area contributed by atoms with Gasteiger partial charge in [0.15, 0.2) is 0 Å². The Labute approximate surface area is 156 Å². The second kappa shape index (κ2) is 9.47. The average molecular weight is 446 g/mol. The van der Waals surface area contributed by atoms with Gasteiger partial charge >= 0.3 is 0 Å². The zero-order valence-corrected chi connectivity index (χ0v) is 15.9. The Morgan fingerprint density at radius 3 is 2.52 bits per heavy atom. The van der Waals surface area contributed by atoms with Crippen LogP contribution < -0.4 is 10.1 Å². The smallest absolute Gasteiger partial charge is 0.122 e. The van der Waals surface area contributed by atoms with Crippen molar-refractivity contribution in [1.82, 2.24) is 5.32 Å². The quantitative estimate of drug-likeness (QED) is 0.476. The Balaban J connectivity index is 1.93. The summed E-state index contributed by atoms with van der Waals surface area (Å²) in [6.07, 6.45) is 0.315. The minimum Gasteiger partial charge on any atom is -0.496 e. The number of aliphatic hydroxyl groups excluding tert-OH is 1. The first-order valence-electron chi connectivity index (χ1n) is 7.48. The van der Waals surface area contributed by atoms with Gasteiger partial charge in [0.05, 0.1) is 13.2 Å². The largest absolute Gasteiger partial charge is 0.496 e. The molecule has 124 valence electrons. The van der Waals surface area contributed by atoms with Crippen LogP contribution in [0.25, 0.3) is 0 Å². The molecule has 0 heterocycles. The van der Waals surface area contributed by atoms with E-state index in [0.29, 0.717) is 11.6 Å². The number of rotatable bonds is 8. The summed E-state index contributed by atoms with van der Waals surface area (Å²) >= 11 is 8.24. The summed E-state index contributed by atoms with van der Waals surface area (Å²) in [6.45, 7) is 0.504. The molecule has 0 fully saturated rings. The third-order valence-corrected chi connectivity index (χ3v) is 5.01. The molecule has 2 rings (SSSR count). The van der Waals surface area contributed by atoms with Gasteiger partial charge in [-0.05, 0) is 35.7 Å². The predicted molar refractivity (Wildman–Crippen MR) is 104 cm³/mol. The molecule has 0 radical (unpaired) electrons. The van der Waals surface area contributed by atoms with Gasteiger partial charge in [-0.2, -0.15) is 0 Å². The van der Waals surface area contributed by atoms with Crippen LogP contribution in [0.3, 0.4) is 0 Å². The molecule has 2 atom stereocenters. The minimum absolute atomic E-state index is 0.272. The van der Waals surface area contributed by atoms with Gasteiger partial charge < -0.3 is 15.2 Å². The Hall–Kier alpha value is -0.820. The van der Waals surface area contributed by atoms with Crippen molar-refractivity contribution >= 4 is 34.2 Å². The highest BCUT2D eigenvalue weighted by Gasteiger charge is 2.14. The number of para-hydroxylation sites is 1. The fourth-order valence-corrected chi connectivity index (χ4v) is 3.15. The normalized spacial score (nSPS) is 13.6. The molecule has 5 heteroatoms. The molecule has 0 aliphatic carbocycles. The number of alkyl halides is 1. The fraction of sp³-hybridized carbons (Fsp3) is 0.333. The molecule has 0 saturated heterocycles. The van der Waals surface area contributed by atoms with Crippen LogP contribution in [0.15, 0.2) is 48.5 Å². The molecule has 0 bridgehead atoms. The molecular formula is C18H21ClINO2. The van der Waals surface area contributed by atoms with E-state index < -0.39 is 6.10 Å². The number of nitrogens with one attached hydrogen (secondary N) is 1. The SMILES string of the molecule is COc1ccccc1CC(CI)NC[C@H](O)c1ccc(Cl)cc1. The van der Waals surface area contributed by atoms with Crippen LogP contribution in [-0.2, 0) is 6.42 Å². The van der Waals surface area contributed by atoms with Gasteiger partial charge in [-0.3, -0.25) is 0 Å². The molecule has 0 aliphatic heterocycles. The number of hydrogen-bond donors (Lipinski definition) is 2. The zero-order chi connectivity index (χ0) is 16.7. The number of hydrogen-bond acceptors (Lipinski definition) is 3. The number of halogens is 2. The third-order valence-electron chi connectivity index (χ3n) is 3.70. The van der Waals surface area contributed by atoms with Gasteiger partial charge in [0.25, 0.3) is 0 Å². The van der Waals surface area contributed by atoms with Crippen LogP contribution >= 0.6 is 34.2 Å². The highest BCUT2D eigenvalue weighted by Crippen LogP contribution is 2.20. The first-order valence-corrected chi connectivity index (χ1v) is 9.39. The summed E-state index contributed by atoms with van der Waals surface area (Å²) in [5.41, 5.74) is 2.04. The van der Waals surface area contributed by atoms with E-state index in [1.807, 2.05) is 30.3 Å². The van der Waals surface area contributed by atoms with E-state index in [0.717, 1.165) is 22.2 Å². The van der Waals surface area contributed by atoms with Crippen molar-refractivity contribution in [2.45, 2.75) is 18.6 Å². The number of aliphatic hydroxyl groups is 1. The summed E-state index contributed by atoms with van der Waals surface area (Å²) in [4.78, 5) is 0. The summed E-state index contributed by atoms with van der Waals surface area (Å²) < 4.78 is 6.35. The van der Waals surface area contributed by atoms with Crippen LogP contribution in [0, 0.1) is 0 Å². The number of benzene rings is 2. The molecule has 3 nitrogen and oxygen atoms in total. The van der Waals surface area contributed by atoms with Gasteiger partial charge in [0, 0.05) is 22.0 Å². The molecule has 0 spiro atoms. The highest BCUT2D eigenvalue weighted by molar-refractivity contribution is 14.1. The highest BCUT2D eigenvalue weighted by atomic mass is 127. The van der Waals surface area contributed by atoms with E-state index in [4.69, 9.17) is 16.3 Å². The van der Waals surface area contributed by atoms with Gasteiger partial charge in [0.1, 0.15) is 5.75 Å². The van der Waals surface area contributed by atoms with E-state index in [2.05, 4.69) is 34.0 Å². The lowest BCUT2D eigenvalue weighted by atomic mass is 10.0. The van der Waals surface area contributed by atoms with Crippen molar-refractivity contribution in [1.29, 1.82) is 0 Å². The van der Waals surface area contributed by atoms with Crippen molar-refractivity contribution in [2.75, 3.05) is 18.1 Å². The number of methoxy groups -OCH3 is 1. The Bertz CT molecular complexity index is 606. The fourth-order valence-electron chi connectivity index (χ4n) is 2.40. The molecular weight excluding hydrogens is 425 g/mol. The molecule has 0 aromatic heterocycles. The van der Waals surface area contributed by atoms with Crippen LogP contribution in [0.4, 0.5) is 0 Å². The lowest BCUT2D eigenvalue weighted by Crippen LogP contribution is -2.35. The van der Waals surface area contributed by atoms with Crippen LogP contribution in [0.1, 0.15) is 17.2 Å². The van der Waals surface area contributed by atoms with E-state index in [9.17, 15) is 5.11 Å².